The monoisotopic (exact) mass is 421 g/mol. The highest BCUT2D eigenvalue weighted by Gasteiger charge is 2.54. The Kier molecular flexibility index (Phi) is 5.75. The number of thiophene rings is 1. The number of amides is 2. The van der Waals surface area contributed by atoms with Gasteiger partial charge in [0.15, 0.2) is 0 Å². The molecule has 150 valence electrons. The van der Waals surface area contributed by atoms with E-state index in [0.29, 0.717) is 12.3 Å². The second-order valence-corrected chi connectivity index (χ2v) is 9.44. The van der Waals surface area contributed by atoms with Crippen LogP contribution in [0.15, 0.2) is 28.8 Å². The summed E-state index contributed by atoms with van der Waals surface area (Å²) in [6.45, 7) is 2.54. The van der Waals surface area contributed by atoms with Gasteiger partial charge in [-0.1, -0.05) is 12.5 Å². The Morgan fingerprint density at radius 3 is 2.71 bits per heavy atom. The molecule has 2 unspecified atom stereocenters. The van der Waals surface area contributed by atoms with Gasteiger partial charge in [-0.15, -0.1) is 23.1 Å². The summed E-state index contributed by atoms with van der Waals surface area (Å²) in [5, 5.41) is 14.1. The number of piperidine rings is 1. The second kappa shape index (κ2) is 8.26. The number of hydrogen-bond acceptors (Lipinski definition) is 6. The van der Waals surface area contributed by atoms with Crippen molar-refractivity contribution < 1.29 is 19.5 Å². The molecule has 0 aliphatic carbocycles. The fourth-order valence-corrected chi connectivity index (χ4v) is 6.03. The summed E-state index contributed by atoms with van der Waals surface area (Å²) in [5.41, 5.74) is 0.912. The van der Waals surface area contributed by atoms with Crippen LogP contribution in [0.2, 0.25) is 0 Å². The molecule has 3 aliphatic heterocycles. The summed E-state index contributed by atoms with van der Waals surface area (Å²) >= 11 is 3.04. The van der Waals surface area contributed by atoms with Crippen LogP contribution in [-0.2, 0) is 20.8 Å². The number of β-lactam (4-membered cyclic amide) rings is 1. The van der Waals surface area contributed by atoms with Crippen LogP contribution in [0.3, 0.4) is 0 Å². The van der Waals surface area contributed by atoms with Crippen molar-refractivity contribution >= 4 is 40.9 Å². The molecule has 4 heterocycles. The largest absolute Gasteiger partial charge is 0.477 e. The van der Waals surface area contributed by atoms with E-state index in [1.165, 1.54) is 34.4 Å². The number of carbonyl (C=O) groups is 3. The lowest BCUT2D eigenvalue weighted by Gasteiger charge is -2.49. The highest BCUT2D eigenvalue weighted by molar-refractivity contribution is 8.00. The summed E-state index contributed by atoms with van der Waals surface area (Å²) in [6.07, 6.45) is 3.72. The molecule has 0 radical (unpaired) electrons. The Morgan fingerprint density at radius 2 is 2.04 bits per heavy atom. The summed E-state index contributed by atoms with van der Waals surface area (Å²) < 4.78 is 0. The van der Waals surface area contributed by atoms with Crippen molar-refractivity contribution in [3.63, 3.8) is 0 Å². The Labute approximate surface area is 171 Å². The molecule has 2 saturated heterocycles. The van der Waals surface area contributed by atoms with Crippen LogP contribution in [-0.4, -0.2) is 69.5 Å². The summed E-state index contributed by atoms with van der Waals surface area (Å²) in [4.78, 5) is 41.4. The van der Waals surface area contributed by atoms with Crippen molar-refractivity contribution in [2.24, 2.45) is 0 Å². The molecule has 0 aromatic carbocycles. The number of carboxylic acids is 1. The molecule has 2 N–H and O–H groups in total. The first-order chi connectivity index (χ1) is 13.5. The molecule has 2 atom stereocenters. The number of rotatable bonds is 6. The van der Waals surface area contributed by atoms with E-state index in [4.69, 9.17) is 0 Å². The summed E-state index contributed by atoms with van der Waals surface area (Å²) in [5.74, 6) is -1.02. The van der Waals surface area contributed by atoms with Crippen LogP contribution < -0.4 is 5.32 Å². The van der Waals surface area contributed by atoms with Crippen LogP contribution in [0.25, 0.3) is 0 Å². The zero-order valence-electron chi connectivity index (χ0n) is 15.4. The molecule has 2 fully saturated rings. The first-order valence-corrected chi connectivity index (χ1v) is 11.4. The SMILES string of the molecule is O=C(Cc1cccs1)NC1C(=O)N2C(C(=O)O)=C(CN3CCCCC3)CSC12. The van der Waals surface area contributed by atoms with Crippen LogP contribution in [0.4, 0.5) is 0 Å². The molecular weight excluding hydrogens is 398 g/mol. The van der Waals surface area contributed by atoms with E-state index < -0.39 is 12.0 Å². The lowest BCUT2D eigenvalue weighted by molar-refractivity contribution is -0.150. The van der Waals surface area contributed by atoms with E-state index in [0.717, 1.165) is 36.4 Å². The number of aliphatic carboxylic acids is 1. The van der Waals surface area contributed by atoms with Crippen LogP contribution in [0, 0.1) is 0 Å². The second-order valence-electron chi connectivity index (χ2n) is 7.31. The molecule has 0 saturated carbocycles. The van der Waals surface area contributed by atoms with Crippen molar-refractivity contribution in [2.75, 3.05) is 25.4 Å². The average molecular weight is 422 g/mol. The molecule has 1 aromatic heterocycles. The topological polar surface area (TPSA) is 90.0 Å². The van der Waals surface area contributed by atoms with E-state index in [1.54, 1.807) is 0 Å². The zero-order chi connectivity index (χ0) is 19.7. The first-order valence-electron chi connectivity index (χ1n) is 9.48. The van der Waals surface area contributed by atoms with Gasteiger partial charge in [-0.05, 0) is 43.0 Å². The van der Waals surface area contributed by atoms with Gasteiger partial charge in [0.2, 0.25) is 5.91 Å². The van der Waals surface area contributed by atoms with E-state index in [2.05, 4.69) is 10.2 Å². The number of hydrogen-bond donors (Lipinski definition) is 2. The van der Waals surface area contributed by atoms with E-state index in [-0.39, 0.29) is 29.3 Å². The van der Waals surface area contributed by atoms with E-state index in [1.807, 2.05) is 17.5 Å². The van der Waals surface area contributed by atoms with Gasteiger partial charge >= 0.3 is 5.97 Å². The Bertz CT molecular complexity index is 802. The van der Waals surface area contributed by atoms with Crippen molar-refractivity contribution in [3.05, 3.63) is 33.7 Å². The third-order valence-corrected chi connectivity index (χ3v) is 7.56. The minimum Gasteiger partial charge on any atom is -0.477 e. The Balaban J connectivity index is 1.44. The minimum atomic E-state index is -1.06. The maximum atomic E-state index is 12.7. The molecule has 4 rings (SSSR count). The number of carbonyl (C=O) groups excluding carboxylic acids is 2. The number of thioether (sulfide) groups is 1. The van der Waals surface area contributed by atoms with E-state index >= 15 is 0 Å². The lowest BCUT2D eigenvalue weighted by atomic mass is 10.0. The van der Waals surface area contributed by atoms with Crippen molar-refractivity contribution in [1.82, 2.24) is 15.1 Å². The smallest absolute Gasteiger partial charge is 0.352 e. The number of carboxylic acid groups (broad SMARTS) is 1. The van der Waals surface area contributed by atoms with Gasteiger partial charge in [-0.3, -0.25) is 19.4 Å². The molecule has 0 spiro atoms. The standard InChI is InChI=1S/C19H23N3O4S2/c23-14(9-13-5-4-8-27-13)20-15-17(24)22-16(19(25)26)12(11-28-18(15)22)10-21-6-2-1-3-7-21/h4-5,8,15,18H,1-3,6-7,9-11H2,(H,20,23)(H,25,26). The molecule has 3 aliphatic rings. The fourth-order valence-electron chi connectivity index (χ4n) is 3.99. The first kappa shape index (κ1) is 19.5. The third-order valence-electron chi connectivity index (χ3n) is 5.34. The molecule has 28 heavy (non-hydrogen) atoms. The highest BCUT2D eigenvalue weighted by atomic mass is 32.2. The fraction of sp³-hybridized carbons (Fsp3) is 0.526. The molecular formula is C19H23N3O4S2. The van der Waals surface area contributed by atoms with Crippen molar-refractivity contribution in [2.45, 2.75) is 37.1 Å². The summed E-state index contributed by atoms with van der Waals surface area (Å²) in [7, 11) is 0. The highest BCUT2D eigenvalue weighted by Crippen LogP contribution is 2.40. The average Bonchev–Trinajstić information content (AvgIpc) is 3.19. The zero-order valence-corrected chi connectivity index (χ0v) is 17.1. The predicted octanol–water partition coefficient (Wildman–Crippen LogP) is 1.52. The maximum Gasteiger partial charge on any atom is 0.352 e. The number of nitrogens with zero attached hydrogens (tertiary/aromatic N) is 2. The van der Waals surface area contributed by atoms with Gasteiger partial charge < -0.3 is 10.4 Å². The van der Waals surface area contributed by atoms with Gasteiger partial charge in [0.1, 0.15) is 17.1 Å². The molecule has 0 bridgehead atoms. The maximum absolute atomic E-state index is 12.7. The quantitative estimate of drug-likeness (QED) is 0.677. The van der Waals surface area contributed by atoms with Gasteiger partial charge in [-0.25, -0.2) is 4.79 Å². The molecule has 1 aromatic rings. The Hall–Kier alpha value is -1.84. The Morgan fingerprint density at radius 1 is 1.25 bits per heavy atom. The summed E-state index contributed by atoms with van der Waals surface area (Å²) in [6, 6.07) is 3.12. The van der Waals surface area contributed by atoms with Crippen molar-refractivity contribution in [1.29, 1.82) is 0 Å². The lowest BCUT2D eigenvalue weighted by Crippen LogP contribution is -2.70. The van der Waals surface area contributed by atoms with Crippen molar-refractivity contribution in [3.8, 4) is 0 Å². The van der Waals surface area contributed by atoms with Gasteiger partial charge in [0.25, 0.3) is 5.91 Å². The number of likely N-dealkylation sites (tertiary alicyclic amines) is 1. The van der Waals surface area contributed by atoms with Gasteiger partial charge in [0, 0.05) is 17.2 Å². The molecule has 9 heteroatoms. The van der Waals surface area contributed by atoms with Gasteiger partial charge in [0.05, 0.1) is 6.42 Å². The van der Waals surface area contributed by atoms with Crippen LogP contribution >= 0.6 is 23.1 Å². The van der Waals surface area contributed by atoms with E-state index in [9.17, 15) is 19.5 Å². The minimum absolute atomic E-state index is 0.114. The molecule has 2 amide bonds. The predicted molar refractivity (Wildman–Crippen MR) is 108 cm³/mol. The third kappa shape index (κ3) is 3.83. The number of fused-ring (bicyclic) bond motifs is 1. The van der Waals surface area contributed by atoms with Crippen LogP contribution in [0.1, 0.15) is 24.1 Å². The number of nitrogens with one attached hydrogen (secondary N) is 1. The van der Waals surface area contributed by atoms with Crippen LogP contribution in [0.5, 0.6) is 0 Å². The normalized spacial score (nSPS) is 25.3. The van der Waals surface area contributed by atoms with Gasteiger partial charge in [-0.2, -0.15) is 0 Å². The molecule has 7 nitrogen and oxygen atoms in total.